The predicted molar refractivity (Wildman–Crippen MR) is 68.5 cm³/mol. The minimum Gasteiger partial charge on any atom is -0.381 e. The number of benzene rings is 2. The summed E-state index contributed by atoms with van der Waals surface area (Å²) in [4.78, 5) is 0. The van der Waals surface area contributed by atoms with Crippen LogP contribution in [0.2, 0.25) is 0 Å². The Morgan fingerprint density at radius 1 is 0.812 bits per heavy atom. The summed E-state index contributed by atoms with van der Waals surface area (Å²) < 4.78 is 0. The first-order valence-electron chi connectivity index (χ1n) is 5.54. The largest absolute Gasteiger partial charge is 0.381 e. The van der Waals surface area contributed by atoms with E-state index in [4.69, 9.17) is 0 Å². The van der Waals surface area contributed by atoms with Crippen molar-refractivity contribution >= 4 is 11.3 Å². The summed E-state index contributed by atoms with van der Waals surface area (Å²) in [5, 5.41) is 3.39. The van der Waals surface area contributed by atoms with Crippen LogP contribution in [0.4, 0.5) is 5.69 Å². The molecule has 3 rings (SSSR count). The molecule has 0 radical (unpaired) electrons. The average molecular weight is 207 g/mol. The third kappa shape index (κ3) is 1.50. The molecule has 1 N–H and O–H groups in total. The molecule has 2 aromatic rings. The second-order valence-electron chi connectivity index (χ2n) is 3.91. The molecule has 0 aromatic heterocycles. The SMILES string of the molecule is C1=C(c2ccccc2)c2ccccc2NC1. The van der Waals surface area contributed by atoms with Gasteiger partial charge in [0.25, 0.3) is 0 Å². The molecule has 16 heavy (non-hydrogen) atoms. The molecular formula is C15H13N. The van der Waals surface area contributed by atoms with Gasteiger partial charge in [0, 0.05) is 17.8 Å². The monoisotopic (exact) mass is 207 g/mol. The molecule has 0 spiro atoms. The zero-order valence-corrected chi connectivity index (χ0v) is 8.98. The smallest absolute Gasteiger partial charge is 0.0422 e. The van der Waals surface area contributed by atoms with E-state index in [2.05, 4.69) is 66.0 Å². The van der Waals surface area contributed by atoms with Crippen LogP contribution >= 0.6 is 0 Å². The first kappa shape index (κ1) is 9.22. The lowest BCUT2D eigenvalue weighted by Gasteiger charge is -2.19. The van der Waals surface area contributed by atoms with E-state index in [9.17, 15) is 0 Å². The van der Waals surface area contributed by atoms with Gasteiger partial charge in [-0.3, -0.25) is 0 Å². The maximum Gasteiger partial charge on any atom is 0.0422 e. The van der Waals surface area contributed by atoms with Crippen molar-refractivity contribution in [1.29, 1.82) is 0 Å². The molecule has 0 aliphatic carbocycles. The molecule has 0 saturated carbocycles. The summed E-state index contributed by atoms with van der Waals surface area (Å²) in [6.07, 6.45) is 2.25. The molecule has 0 bridgehead atoms. The first-order chi connectivity index (χ1) is 7.95. The van der Waals surface area contributed by atoms with Crippen molar-refractivity contribution in [3.63, 3.8) is 0 Å². The van der Waals surface area contributed by atoms with Crippen LogP contribution in [-0.4, -0.2) is 6.54 Å². The van der Waals surface area contributed by atoms with Crippen LogP contribution in [0.3, 0.4) is 0 Å². The topological polar surface area (TPSA) is 12.0 Å². The highest BCUT2D eigenvalue weighted by atomic mass is 14.9. The van der Waals surface area contributed by atoms with E-state index in [1.54, 1.807) is 0 Å². The van der Waals surface area contributed by atoms with Gasteiger partial charge in [-0.15, -0.1) is 0 Å². The number of hydrogen-bond donors (Lipinski definition) is 1. The van der Waals surface area contributed by atoms with Crippen molar-refractivity contribution in [2.45, 2.75) is 0 Å². The average Bonchev–Trinajstić information content (AvgIpc) is 2.39. The Kier molecular flexibility index (Phi) is 2.22. The van der Waals surface area contributed by atoms with Gasteiger partial charge in [-0.05, 0) is 17.2 Å². The predicted octanol–water partition coefficient (Wildman–Crippen LogP) is 3.54. The standard InChI is InChI=1S/C15H13N/c1-2-6-12(7-3-1)13-10-11-16-15-9-5-4-8-14(13)15/h1-10,16H,11H2. The number of hydrogen-bond acceptors (Lipinski definition) is 1. The quantitative estimate of drug-likeness (QED) is 0.754. The van der Waals surface area contributed by atoms with Crippen LogP contribution in [0.1, 0.15) is 11.1 Å². The molecule has 1 aliphatic heterocycles. The van der Waals surface area contributed by atoms with Gasteiger partial charge in [0.2, 0.25) is 0 Å². The Morgan fingerprint density at radius 3 is 2.44 bits per heavy atom. The van der Waals surface area contributed by atoms with Crippen molar-refractivity contribution < 1.29 is 0 Å². The van der Waals surface area contributed by atoms with Crippen LogP contribution in [0, 0.1) is 0 Å². The van der Waals surface area contributed by atoms with E-state index in [1.807, 2.05) is 0 Å². The van der Waals surface area contributed by atoms with Crippen molar-refractivity contribution in [1.82, 2.24) is 0 Å². The van der Waals surface area contributed by atoms with Gasteiger partial charge in [-0.25, -0.2) is 0 Å². The Labute approximate surface area is 95.4 Å². The Balaban J connectivity index is 2.13. The molecule has 0 saturated heterocycles. The molecule has 1 nitrogen and oxygen atoms in total. The summed E-state index contributed by atoms with van der Waals surface area (Å²) in [5.74, 6) is 0. The van der Waals surface area contributed by atoms with E-state index in [0.29, 0.717) is 0 Å². The van der Waals surface area contributed by atoms with Crippen molar-refractivity contribution in [2.24, 2.45) is 0 Å². The third-order valence-corrected chi connectivity index (χ3v) is 2.90. The number of fused-ring (bicyclic) bond motifs is 1. The van der Waals surface area contributed by atoms with E-state index in [1.165, 1.54) is 22.4 Å². The second-order valence-corrected chi connectivity index (χ2v) is 3.91. The molecular weight excluding hydrogens is 194 g/mol. The highest BCUT2D eigenvalue weighted by Gasteiger charge is 2.12. The lowest BCUT2D eigenvalue weighted by atomic mass is 9.94. The van der Waals surface area contributed by atoms with Gasteiger partial charge in [0.1, 0.15) is 0 Å². The Hall–Kier alpha value is -2.02. The van der Waals surface area contributed by atoms with E-state index in [-0.39, 0.29) is 0 Å². The van der Waals surface area contributed by atoms with Gasteiger partial charge < -0.3 is 5.32 Å². The maximum atomic E-state index is 3.39. The van der Waals surface area contributed by atoms with E-state index >= 15 is 0 Å². The van der Waals surface area contributed by atoms with Gasteiger partial charge in [0.05, 0.1) is 0 Å². The van der Waals surface area contributed by atoms with E-state index < -0.39 is 0 Å². The fourth-order valence-corrected chi connectivity index (χ4v) is 2.14. The molecule has 1 heteroatoms. The van der Waals surface area contributed by atoms with Crippen molar-refractivity contribution in [3.05, 3.63) is 71.8 Å². The van der Waals surface area contributed by atoms with Crippen LogP contribution in [0.15, 0.2) is 60.7 Å². The lowest BCUT2D eigenvalue weighted by Crippen LogP contribution is -2.08. The molecule has 0 amide bonds. The third-order valence-electron chi connectivity index (χ3n) is 2.90. The summed E-state index contributed by atoms with van der Waals surface area (Å²) >= 11 is 0. The molecule has 0 unspecified atom stereocenters. The minimum atomic E-state index is 0.904. The lowest BCUT2D eigenvalue weighted by molar-refractivity contribution is 1.29. The number of rotatable bonds is 1. The van der Waals surface area contributed by atoms with Gasteiger partial charge >= 0.3 is 0 Å². The molecule has 2 aromatic carbocycles. The molecule has 1 heterocycles. The van der Waals surface area contributed by atoms with Crippen LogP contribution < -0.4 is 5.32 Å². The second kappa shape index (κ2) is 3.86. The highest BCUT2D eigenvalue weighted by molar-refractivity contribution is 5.88. The Bertz CT molecular complexity index is 526. The molecule has 0 atom stereocenters. The molecule has 0 fully saturated rings. The number of anilines is 1. The number of para-hydroxylation sites is 1. The fraction of sp³-hybridized carbons (Fsp3) is 0.0667. The van der Waals surface area contributed by atoms with Gasteiger partial charge in [0.15, 0.2) is 0 Å². The minimum absolute atomic E-state index is 0.904. The Morgan fingerprint density at radius 2 is 1.56 bits per heavy atom. The van der Waals surface area contributed by atoms with Crippen LogP contribution in [0.5, 0.6) is 0 Å². The summed E-state index contributed by atoms with van der Waals surface area (Å²) in [5.41, 5.74) is 5.13. The zero-order valence-electron chi connectivity index (χ0n) is 8.98. The first-order valence-corrected chi connectivity index (χ1v) is 5.54. The van der Waals surface area contributed by atoms with Crippen LogP contribution in [0.25, 0.3) is 5.57 Å². The maximum absolute atomic E-state index is 3.39. The summed E-state index contributed by atoms with van der Waals surface area (Å²) in [7, 11) is 0. The van der Waals surface area contributed by atoms with Crippen molar-refractivity contribution in [3.8, 4) is 0 Å². The zero-order chi connectivity index (χ0) is 10.8. The number of nitrogens with one attached hydrogen (secondary N) is 1. The summed E-state index contributed by atoms with van der Waals surface area (Å²) in [6, 6.07) is 19.0. The van der Waals surface area contributed by atoms with Gasteiger partial charge in [-0.2, -0.15) is 0 Å². The van der Waals surface area contributed by atoms with Crippen LogP contribution in [-0.2, 0) is 0 Å². The van der Waals surface area contributed by atoms with Crippen molar-refractivity contribution in [2.75, 3.05) is 11.9 Å². The van der Waals surface area contributed by atoms with Gasteiger partial charge in [-0.1, -0.05) is 54.6 Å². The summed E-state index contributed by atoms with van der Waals surface area (Å²) in [6.45, 7) is 0.904. The molecule has 78 valence electrons. The van der Waals surface area contributed by atoms with E-state index in [0.717, 1.165) is 6.54 Å². The normalized spacial score (nSPS) is 13.6. The highest BCUT2D eigenvalue weighted by Crippen LogP contribution is 2.31. The fourth-order valence-electron chi connectivity index (χ4n) is 2.14. The molecule has 1 aliphatic rings.